The molecule has 6 rings (SSSR count). The van der Waals surface area contributed by atoms with Crippen LogP contribution in [-0.4, -0.2) is 90.3 Å². The SMILES string of the molecule is CC(C)(C)c1nn(-c2nc(Nc3cc(C(=O)O)cc(C(=O)O)c3)nc(Nc3cc(C(=O)O)cc(C(=O)O)c3)n2)c(N)c1N=Nc1nnc(-c2ccccc2C(=O)O)s1. The van der Waals surface area contributed by atoms with Crippen molar-refractivity contribution in [2.45, 2.75) is 26.2 Å². The van der Waals surface area contributed by atoms with Gasteiger partial charge in [-0.2, -0.15) is 24.7 Å². The Labute approximate surface area is 328 Å². The van der Waals surface area contributed by atoms with Gasteiger partial charge in [0.15, 0.2) is 11.5 Å². The quantitative estimate of drug-likeness (QED) is 0.0634. The van der Waals surface area contributed by atoms with E-state index in [2.05, 4.69) is 51.1 Å². The van der Waals surface area contributed by atoms with Crippen molar-refractivity contribution in [2.24, 2.45) is 10.2 Å². The second-order valence-corrected chi connectivity index (χ2v) is 14.0. The minimum Gasteiger partial charge on any atom is -0.478 e. The molecule has 294 valence electrons. The molecule has 0 spiro atoms. The first-order valence-electron chi connectivity index (χ1n) is 16.4. The molecule has 58 heavy (non-hydrogen) atoms. The number of hydrogen-bond donors (Lipinski definition) is 8. The van der Waals surface area contributed by atoms with Crippen molar-refractivity contribution in [2.75, 3.05) is 16.4 Å². The molecule has 0 unspecified atom stereocenters. The Morgan fingerprint density at radius 1 is 0.690 bits per heavy atom. The molecule has 0 aliphatic rings. The fourth-order valence-corrected chi connectivity index (χ4v) is 5.92. The number of nitrogen functional groups attached to an aromatic ring is 1. The Balaban J connectivity index is 1.47. The lowest BCUT2D eigenvalue weighted by Gasteiger charge is -2.15. The Morgan fingerprint density at radius 3 is 1.66 bits per heavy atom. The third-order valence-corrected chi connectivity index (χ3v) is 8.66. The summed E-state index contributed by atoms with van der Waals surface area (Å²) >= 11 is 0.965. The van der Waals surface area contributed by atoms with Gasteiger partial charge in [-0.05, 0) is 42.5 Å². The summed E-state index contributed by atoms with van der Waals surface area (Å²) in [7, 11) is 0. The second-order valence-electron chi connectivity index (χ2n) is 13.0. The maximum atomic E-state index is 11.8. The van der Waals surface area contributed by atoms with Gasteiger partial charge in [-0.3, -0.25) is 0 Å². The monoisotopic (exact) mass is 808 g/mol. The van der Waals surface area contributed by atoms with Crippen LogP contribution >= 0.6 is 11.3 Å². The summed E-state index contributed by atoms with van der Waals surface area (Å²) in [6, 6.07) is 12.6. The molecule has 0 radical (unpaired) electrons. The maximum Gasteiger partial charge on any atom is 0.336 e. The molecule has 0 saturated heterocycles. The number of carbonyl (C=O) groups is 5. The number of nitrogens with one attached hydrogen (secondary N) is 2. The molecule has 0 aliphatic heterocycles. The highest BCUT2D eigenvalue weighted by molar-refractivity contribution is 7.18. The highest BCUT2D eigenvalue weighted by Gasteiger charge is 2.29. The zero-order chi connectivity index (χ0) is 42.1. The zero-order valence-corrected chi connectivity index (χ0v) is 30.9. The van der Waals surface area contributed by atoms with E-state index in [-0.39, 0.29) is 78.7 Å². The maximum absolute atomic E-state index is 11.8. The van der Waals surface area contributed by atoms with Gasteiger partial charge in [-0.1, -0.05) is 50.3 Å². The van der Waals surface area contributed by atoms with Crippen molar-refractivity contribution in [3.05, 3.63) is 94.2 Å². The van der Waals surface area contributed by atoms with Gasteiger partial charge in [0, 0.05) is 22.4 Å². The average molecular weight is 809 g/mol. The third kappa shape index (κ3) is 8.52. The molecule has 0 bridgehead atoms. The number of hydrogen-bond acceptors (Lipinski definition) is 17. The summed E-state index contributed by atoms with van der Waals surface area (Å²) in [5, 5.41) is 75.0. The van der Waals surface area contributed by atoms with Gasteiger partial charge in [-0.25, -0.2) is 24.0 Å². The van der Waals surface area contributed by atoms with Gasteiger partial charge in [0.25, 0.3) is 11.1 Å². The molecule has 3 aromatic carbocycles. The van der Waals surface area contributed by atoms with E-state index in [0.29, 0.717) is 11.3 Å². The van der Waals surface area contributed by atoms with E-state index >= 15 is 0 Å². The number of azo groups is 1. The molecule has 0 fully saturated rings. The molecule has 3 heterocycles. The predicted molar refractivity (Wildman–Crippen MR) is 204 cm³/mol. The van der Waals surface area contributed by atoms with Gasteiger partial charge in [0.2, 0.25) is 11.9 Å². The number of rotatable bonds is 13. The van der Waals surface area contributed by atoms with Crippen LogP contribution in [0.25, 0.3) is 16.5 Å². The van der Waals surface area contributed by atoms with Crippen molar-refractivity contribution in [3.63, 3.8) is 0 Å². The lowest BCUT2D eigenvalue weighted by molar-refractivity contribution is 0.0676. The number of benzene rings is 3. The van der Waals surface area contributed by atoms with Gasteiger partial charge < -0.3 is 41.9 Å². The molecule has 6 aromatic rings. The van der Waals surface area contributed by atoms with Crippen LogP contribution in [0.4, 0.5) is 39.9 Å². The third-order valence-electron chi connectivity index (χ3n) is 7.82. The Bertz CT molecular complexity index is 2540. The molecule has 0 atom stereocenters. The minimum absolute atomic E-state index is 0.0107. The van der Waals surface area contributed by atoms with E-state index < -0.39 is 35.3 Å². The highest BCUT2D eigenvalue weighted by atomic mass is 32.1. The topological polar surface area (TPSA) is 344 Å². The van der Waals surface area contributed by atoms with Crippen LogP contribution in [0.2, 0.25) is 0 Å². The van der Waals surface area contributed by atoms with Crippen LogP contribution in [0.1, 0.15) is 78.3 Å². The van der Waals surface area contributed by atoms with Crippen molar-refractivity contribution in [1.29, 1.82) is 0 Å². The largest absolute Gasteiger partial charge is 0.478 e. The normalized spacial score (nSPS) is 11.4. The summed E-state index contributed by atoms with van der Waals surface area (Å²) in [6.07, 6.45) is 0. The van der Waals surface area contributed by atoms with Crippen molar-refractivity contribution in [1.82, 2.24) is 34.9 Å². The summed E-state index contributed by atoms with van der Waals surface area (Å²) in [5.74, 6) is -7.94. The van der Waals surface area contributed by atoms with Crippen LogP contribution < -0.4 is 16.4 Å². The summed E-state index contributed by atoms with van der Waals surface area (Å²) in [4.78, 5) is 72.0. The fourth-order valence-electron chi connectivity index (χ4n) is 5.22. The molecule has 23 heteroatoms. The first-order chi connectivity index (χ1) is 27.4. The number of aromatic nitrogens is 7. The molecular weight excluding hydrogens is 781 g/mol. The standard InChI is InChI=1S/C35H28N12O10S/c1-35(2,3)23-22(42-44-34-45-43-25(58-34)20-6-4-5-7-21(20)30(56)57)24(36)47(46-23)33-40-31(37-18-10-14(26(48)49)8-15(11-18)27(50)51)39-32(41-33)38-19-12-16(28(52)53)9-17(13-19)29(54)55/h4-13H,36H2,1-3H3,(H,48,49)(H,50,51)(H,52,53)(H,54,55)(H,56,57)(H2,37,38,39,40,41). The molecule has 9 N–H and O–H groups in total. The zero-order valence-electron chi connectivity index (χ0n) is 30.1. The van der Waals surface area contributed by atoms with E-state index in [4.69, 9.17) is 5.73 Å². The van der Waals surface area contributed by atoms with E-state index in [1.54, 1.807) is 18.2 Å². The van der Waals surface area contributed by atoms with Crippen LogP contribution in [-0.2, 0) is 5.41 Å². The Kier molecular flexibility index (Phi) is 10.6. The fraction of sp³-hybridized carbons (Fsp3) is 0.114. The minimum atomic E-state index is -1.42. The second kappa shape index (κ2) is 15.5. The van der Waals surface area contributed by atoms with Crippen LogP contribution in [0.15, 0.2) is 70.9 Å². The van der Waals surface area contributed by atoms with Gasteiger partial charge in [0.05, 0.1) is 33.5 Å². The van der Waals surface area contributed by atoms with Crippen LogP contribution in [0.5, 0.6) is 0 Å². The Hall–Kier alpha value is -8.21. The molecule has 0 aliphatic carbocycles. The lowest BCUT2D eigenvalue weighted by atomic mass is 9.91. The first-order valence-corrected chi connectivity index (χ1v) is 17.2. The van der Waals surface area contributed by atoms with Crippen molar-refractivity contribution < 1.29 is 49.5 Å². The van der Waals surface area contributed by atoms with E-state index in [1.165, 1.54) is 6.07 Å². The molecule has 3 aromatic heterocycles. The number of aromatic carboxylic acids is 5. The first kappa shape index (κ1) is 39.5. The van der Waals surface area contributed by atoms with Gasteiger partial charge in [-0.15, -0.1) is 20.4 Å². The van der Waals surface area contributed by atoms with Crippen molar-refractivity contribution >= 4 is 81.1 Å². The number of anilines is 5. The highest BCUT2D eigenvalue weighted by Crippen LogP contribution is 2.39. The predicted octanol–water partition coefficient (Wildman–Crippen LogP) is 5.85. The summed E-state index contributed by atoms with van der Waals surface area (Å²) in [6.45, 7) is 5.42. The summed E-state index contributed by atoms with van der Waals surface area (Å²) in [5.41, 5.74) is 4.90. The molecule has 0 saturated carbocycles. The van der Waals surface area contributed by atoms with Gasteiger partial charge >= 0.3 is 29.8 Å². The van der Waals surface area contributed by atoms with Crippen molar-refractivity contribution in [3.8, 4) is 16.5 Å². The molecule has 0 amide bonds. The number of carboxylic acids is 5. The number of nitrogens with zero attached hydrogens (tertiary/aromatic N) is 9. The number of nitrogens with two attached hydrogens (primary N) is 1. The van der Waals surface area contributed by atoms with E-state index in [9.17, 15) is 49.5 Å². The van der Waals surface area contributed by atoms with Gasteiger partial charge in [0.1, 0.15) is 5.01 Å². The van der Waals surface area contributed by atoms with Crippen LogP contribution in [0, 0.1) is 0 Å². The smallest absolute Gasteiger partial charge is 0.336 e. The van der Waals surface area contributed by atoms with E-state index in [0.717, 1.165) is 52.4 Å². The lowest BCUT2D eigenvalue weighted by Crippen LogP contribution is -2.15. The molecule has 22 nitrogen and oxygen atoms in total. The Morgan fingerprint density at radius 2 is 1.19 bits per heavy atom. The van der Waals surface area contributed by atoms with Crippen LogP contribution in [0.3, 0.4) is 0 Å². The molecular formula is C35H28N12O10S. The number of carboxylic acid groups (broad SMARTS) is 5. The van der Waals surface area contributed by atoms with E-state index in [1.807, 2.05) is 20.8 Å². The summed E-state index contributed by atoms with van der Waals surface area (Å²) < 4.78 is 1.08. The average Bonchev–Trinajstić information content (AvgIpc) is 3.77.